The number of rotatable bonds is 7. The lowest BCUT2D eigenvalue weighted by Gasteiger charge is -2.35. The first-order valence-electron chi connectivity index (χ1n) is 6.89. The van der Waals surface area contributed by atoms with Crippen molar-refractivity contribution in [2.45, 2.75) is 57.3 Å². The molecule has 2 atom stereocenters. The summed E-state index contributed by atoms with van der Waals surface area (Å²) in [5.74, 6) is -0.500. The summed E-state index contributed by atoms with van der Waals surface area (Å²) in [5.41, 5.74) is 4.71. The molecule has 1 amide bonds. The molecule has 1 rings (SSSR count). The second kappa shape index (κ2) is 6.76. The summed E-state index contributed by atoms with van der Waals surface area (Å²) in [5, 5.41) is 3.21. The number of nitrogens with one attached hydrogen (secondary N) is 1. The Labute approximate surface area is 117 Å². The van der Waals surface area contributed by atoms with Gasteiger partial charge in [-0.05, 0) is 39.0 Å². The quantitative estimate of drug-likeness (QED) is 0.706. The second-order valence-electron chi connectivity index (χ2n) is 5.68. The molecule has 0 aromatic rings. The van der Waals surface area contributed by atoms with Gasteiger partial charge in [-0.25, -0.2) is 0 Å². The van der Waals surface area contributed by atoms with E-state index in [1.54, 1.807) is 0 Å². The Balaban J connectivity index is 2.56. The van der Waals surface area contributed by atoms with Gasteiger partial charge in [0.25, 0.3) is 0 Å². The Kier molecular flexibility index (Phi) is 5.82. The van der Waals surface area contributed by atoms with Crippen LogP contribution in [0.4, 0.5) is 13.2 Å². The van der Waals surface area contributed by atoms with Crippen LogP contribution < -0.4 is 11.1 Å². The van der Waals surface area contributed by atoms with Gasteiger partial charge in [0.1, 0.15) is 12.1 Å². The van der Waals surface area contributed by atoms with E-state index in [1.807, 2.05) is 13.8 Å². The molecule has 2 unspecified atom stereocenters. The summed E-state index contributed by atoms with van der Waals surface area (Å²) >= 11 is 0. The number of hydrogen-bond acceptors (Lipinski definition) is 3. The molecule has 118 valence electrons. The smallest absolute Gasteiger partial charge is 0.372 e. The van der Waals surface area contributed by atoms with Crippen LogP contribution in [0.2, 0.25) is 0 Å². The van der Waals surface area contributed by atoms with Crippen LogP contribution in [0.3, 0.4) is 0 Å². The largest absolute Gasteiger partial charge is 0.411 e. The minimum absolute atomic E-state index is 0.0149. The molecular formula is C13H23F3N2O2. The highest BCUT2D eigenvalue weighted by molar-refractivity contribution is 5.85. The van der Waals surface area contributed by atoms with Crippen LogP contribution in [0.5, 0.6) is 0 Å². The van der Waals surface area contributed by atoms with Crippen LogP contribution in [0.15, 0.2) is 0 Å². The minimum Gasteiger partial charge on any atom is -0.372 e. The third-order valence-electron chi connectivity index (χ3n) is 3.68. The molecule has 1 saturated carbocycles. The van der Waals surface area contributed by atoms with Crippen molar-refractivity contribution in [3.05, 3.63) is 0 Å². The average molecular weight is 296 g/mol. The fourth-order valence-corrected chi connectivity index (χ4v) is 2.98. The van der Waals surface area contributed by atoms with E-state index < -0.39 is 24.2 Å². The van der Waals surface area contributed by atoms with Gasteiger partial charge in [-0.3, -0.25) is 4.79 Å². The molecule has 0 heterocycles. The average Bonchev–Trinajstić information content (AvgIpc) is 2.66. The molecular weight excluding hydrogens is 273 g/mol. The van der Waals surface area contributed by atoms with Gasteiger partial charge in [-0.15, -0.1) is 0 Å². The van der Waals surface area contributed by atoms with Crippen LogP contribution in [-0.4, -0.2) is 36.9 Å². The number of carbonyl (C=O) groups is 1. The van der Waals surface area contributed by atoms with Crippen molar-refractivity contribution in [2.75, 3.05) is 13.2 Å². The van der Waals surface area contributed by atoms with E-state index in [1.165, 1.54) is 0 Å². The van der Waals surface area contributed by atoms with E-state index >= 15 is 0 Å². The van der Waals surface area contributed by atoms with Gasteiger partial charge in [0.2, 0.25) is 5.91 Å². The highest BCUT2D eigenvalue weighted by Gasteiger charge is 2.47. The van der Waals surface area contributed by atoms with Gasteiger partial charge in [0, 0.05) is 12.6 Å². The number of amides is 1. The molecule has 0 bridgehead atoms. The summed E-state index contributed by atoms with van der Waals surface area (Å²) in [7, 11) is 0. The minimum atomic E-state index is -4.31. The normalized spacial score (nSPS) is 27.2. The number of primary amides is 1. The van der Waals surface area contributed by atoms with E-state index in [2.05, 4.69) is 10.1 Å². The number of hydrogen-bond donors (Lipinski definition) is 2. The van der Waals surface area contributed by atoms with Crippen molar-refractivity contribution in [1.29, 1.82) is 0 Å². The van der Waals surface area contributed by atoms with Gasteiger partial charge >= 0.3 is 6.18 Å². The lowest BCUT2D eigenvalue weighted by atomic mass is 9.83. The van der Waals surface area contributed by atoms with Crippen molar-refractivity contribution in [3.63, 3.8) is 0 Å². The summed E-state index contributed by atoms with van der Waals surface area (Å²) < 4.78 is 40.6. The lowest BCUT2D eigenvalue weighted by molar-refractivity contribution is -0.175. The molecule has 0 aliphatic heterocycles. The SMILES string of the molecule is CC(C)NC1(C(N)=O)CCCC1CCOCC(F)(F)F. The first-order chi connectivity index (χ1) is 9.17. The summed E-state index contributed by atoms with van der Waals surface area (Å²) in [6, 6.07) is 0.0826. The van der Waals surface area contributed by atoms with Crippen LogP contribution in [0.25, 0.3) is 0 Å². The van der Waals surface area contributed by atoms with E-state index in [0.29, 0.717) is 12.8 Å². The number of nitrogens with two attached hydrogens (primary N) is 1. The van der Waals surface area contributed by atoms with Crippen LogP contribution >= 0.6 is 0 Å². The molecule has 1 aliphatic rings. The zero-order valence-corrected chi connectivity index (χ0v) is 11.9. The lowest BCUT2D eigenvalue weighted by Crippen LogP contribution is -2.60. The Morgan fingerprint density at radius 1 is 1.50 bits per heavy atom. The summed E-state index contributed by atoms with van der Waals surface area (Å²) in [6.45, 7) is 2.57. The predicted octanol–water partition coefficient (Wildman–Crippen LogP) is 1.98. The van der Waals surface area contributed by atoms with E-state index in [0.717, 1.165) is 12.8 Å². The Hall–Kier alpha value is -0.820. The maximum Gasteiger partial charge on any atom is 0.411 e. The van der Waals surface area contributed by atoms with Gasteiger partial charge < -0.3 is 15.8 Å². The van der Waals surface area contributed by atoms with Crippen molar-refractivity contribution in [1.82, 2.24) is 5.32 Å². The number of carbonyl (C=O) groups excluding carboxylic acids is 1. The molecule has 7 heteroatoms. The third kappa shape index (κ3) is 4.63. The Morgan fingerprint density at radius 2 is 2.15 bits per heavy atom. The topological polar surface area (TPSA) is 64.3 Å². The summed E-state index contributed by atoms with van der Waals surface area (Å²) in [6.07, 6.45) is -1.67. The van der Waals surface area contributed by atoms with Crippen LogP contribution in [0.1, 0.15) is 39.5 Å². The molecule has 4 nitrogen and oxygen atoms in total. The van der Waals surface area contributed by atoms with Crippen molar-refractivity contribution < 1.29 is 22.7 Å². The van der Waals surface area contributed by atoms with Gasteiger partial charge in [0.15, 0.2) is 0 Å². The third-order valence-corrected chi connectivity index (χ3v) is 3.68. The zero-order valence-electron chi connectivity index (χ0n) is 11.9. The second-order valence-corrected chi connectivity index (χ2v) is 5.68. The summed E-state index contributed by atoms with van der Waals surface area (Å²) in [4.78, 5) is 11.8. The fourth-order valence-electron chi connectivity index (χ4n) is 2.98. The van der Waals surface area contributed by atoms with Crippen LogP contribution in [0, 0.1) is 5.92 Å². The first kappa shape index (κ1) is 17.2. The molecule has 0 aromatic carbocycles. The molecule has 0 spiro atoms. The van der Waals surface area contributed by atoms with E-state index in [9.17, 15) is 18.0 Å². The van der Waals surface area contributed by atoms with Gasteiger partial charge in [-0.2, -0.15) is 13.2 Å². The molecule has 3 N–H and O–H groups in total. The van der Waals surface area contributed by atoms with Crippen molar-refractivity contribution >= 4 is 5.91 Å². The van der Waals surface area contributed by atoms with Crippen LogP contribution in [-0.2, 0) is 9.53 Å². The maximum atomic E-state index is 12.0. The Morgan fingerprint density at radius 3 is 2.65 bits per heavy atom. The fraction of sp³-hybridized carbons (Fsp3) is 0.923. The number of ether oxygens (including phenoxy) is 1. The highest BCUT2D eigenvalue weighted by Crippen LogP contribution is 2.38. The molecule has 1 fully saturated rings. The molecule has 20 heavy (non-hydrogen) atoms. The van der Waals surface area contributed by atoms with Crippen molar-refractivity contribution in [2.24, 2.45) is 11.7 Å². The van der Waals surface area contributed by atoms with Crippen molar-refractivity contribution in [3.8, 4) is 0 Å². The maximum absolute atomic E-state index is 12.0. The first-order valence-corrected chi connectivity index (χ1v) is 6.89. The number of alkyl halides is 3. The standard InChI is InChI=1S/C13H23F3N2O2/c1-9(2)18-12(11(17)19)6-3-4-10(12)5-7-20-8-13(14,15)16/h9-10,18H,3-8H2,1-2H3,(H2,17,19). The molecule has 0 saturated heterocycles. The van der Waals surface area contributed by atoms with Gasteiger partial charge in [0.05, 0.1) is 0 Å². The van der Waals surface area contributed by atoms with E-state index in [-0.39, 0.29) is 18.6 Å². The highest BCUT2D eigenvalue weighted by atomic mass is 19.4. The van der Waals surface area contributed by atoms with E-state index in [4.69, 9.17) is 5.73 Å². The molecule has 0 radical (unpaired) electrons. The number of halogens is 3. The predicted molar refractivity (Wildman–Crippen MR) is 69.0 cm³/mol. The molecule has 1 aliphatic carbocycles. The molecule has 0 aromatic heterocycles. The van der Waals surface area contributed by atoms with Gasteiger partial charge in [-0.1, -0.05) is 6.42 Å². The zero-order chi connectivity index (χ0) is 15.4. The monoisotopic (exact) mass is 296 g/mol. The Bertz CT molecular complexity index is 334.